The second kappa shape index (κ2) is 11.0. The summed E-state index contributed by atoms with van der Waals surface area (Å²) in [6.45, 7) is 2.74. The summed E-state index contributed by atoms with van der Waals surface area (Å²) in [7, 11) is 5.27. The zero-order valence-corrected chi connectivity index (χ0v) is 20.1. The zero-order chi connectivity index (χ0) is 20.8. The topological polar surface area (TPSA) is 69.9 Å². The first-order valence-electron chi connectivity index (χ1n) is 9.74. The van der Waals surface area contributed by atoms with Crippen LogP contribution in [-0.4, -0.2) is 44.5 Å². The molecule has 1 unspecified atom stereocenters. The summed E-state index contributed by atoms with van der Waals surface area (Å²) in [6, 6.07) is 17.7. The maximum absolute atomic E-state index is 12.1. The standard InChI is InChI=1S/C23H28N4O2.HI/c1-16(21-15-18-9-5-6-11-20(18)29-21)26-23(24-2)25-13-12-17-8-7-10-19(14-17)22(28)27(3)4;/h5-11,14-16H,12-13H2,1-4H3,(H2,24,25,26);1H. The Balaban J connectivity index is 0.00000320. The molecule has 1 heterocycles. The Morgan fingerprint density at radius 1 is 1.13 bits per heavy atom. The molecular formula is C23H29IN4O2. The van der Waals surface area contributed by atoms with Crippen LogP contribution in [0.5, 0.6) is 0 Å². The van der Waals surface area contributed by atoms with Gasteiger partial charge in [-0.25, -0.2) is 0 Å². The highest BCUT2D eigenvalue weighted by molar-refractivity contribution is 14.0. The van der Waals surface area contributed by atoms with Gasteiger partial charge in [0.25, 0.3) is 5.91 Å². The van der Waals surface area contributed by atoms with E-state index in [9.17, 15) is 4.79 Å². The quantitative estimate of drug-likeness (QED) is 0.290. The van der Waals surface area contributed by atoms with Crippen molar-refractivity contribution in [3.8, 4) is 0 Å². The van der Waals surface area contributed by atoms with E-state index in [1.807, 2.05) is 61.5 Å². The highest BCUT2D eigenvalue weighted by Gasteiger charge is 2.13. The molecule has 0 fully saturated rings. The van der Waals surface area contributed by atoms with Crippen molar-refractivity contribution in [2.75, 3.05) is 27.7 Å². The van der Waals surface area contributed by atoms with Gasteiger partial charge >= 0.3 is 0 Å². The number of carbonyl (C=O) groups excluding carboxylic acids is 1. The molecule has 6 nitrogen and oxygen atoms in total. The number of benzene rings is 2. The molecule has 160 valence electrons. The second-order valence-corrected chi connectivity index (χ2v) is 7.20. The highest BCUT2D eigenvalue weighted by atomic mass is 127. The number of nitrogens with one attached hydrogen (secondary N) is 2. The third-order valence-electron chi connectivity index (χ3n) is 4.73. The van der Waals surface area contributed by atoms with Crippen LogP contribution in [0, 0.1) is 0 Å². The summed E-state index contributed by atoms with van der Waals surface area (Å²) in [6.07, 6.45) is 0.786. The number of hydrogen-bond acceptors (Lipinski definition) is 3. The Kier molecular flexibility index (Phi) is 8.71. The maximum Gasteiger partial charge on any atom is 0.253 e. The predicted molar refractivity (Wildman–Crippen MR) is 133 cm³/mol. The second-order valence-electron chi connectivity index (χ2n) is 7.20. The molecule has 0 aliphatic rings. The van der Waals surface area contributed by atoms with Gasteiger partial charge < -0.3 is 20.0 Å². The van der Waals surface area contributed by atoms with Gasteiger partial charge in [0, 0.05) is 38.6 Å². The van der Waals surface area contributed by atoms with Gasteiger partial charge in [0.1, 0.15) is 11.3 Å². The molecule has 30 heavy (non-hydrogen) atoms. The van der Waals surface area contributed by atoms with Crippen LogP contribution in [0.1, 0.15) is 34.6 Å². The van der Waals surface area contributed by atoms with Gasteiger partial charge in [0.15, 0.2) is 5.96 Å². The molecule has 2 aromatic carbocycles. The number of para-hydroxylation sites is 1. The number of furan rings is 1. The van der Waals surface area contributed by atoms with E-state index in [0.29, 0.717) is 18.1 Å². The van der Waals surface area contributed by atoms with Crippen molar-refractivity contribution in [1.29, 1.82) is 0 Å². The van der Waals surface area contributed by atoms with Crippen molar-refractivity contribution in [3.63, 3.8) is 0 Å². The number of amides is 1. The Morgan fingerprint density at radius 3 is 2.60 bits per heavy atom. The molecule has 0 saturated heterocycles. The Labute approximate surface area is 194 Å². The lowest BCUT2D eigenvalue weighted by Gasteiger charge is -2.16. The SMILES string of the molecule is CN=C(NCCc1cccc(C(=O)N(C)C)c1)NC(C)c1cc2ccccc2o1.I. The minimum atomic E-state index is -0.0189. The van der Waals surface area contributed by atoms with Crippen LogP contribution in [-0.2, 0) is 6.42 Å². The van der Waals surface area contributed by atoms with Crippen LogP contribution in [0.15, 0.2) is 64.0 Å². The van der Waals surface area contributed by atoms with Crippen LogP contribution in [0.4, 0.5) is 0 Å². The summed E-state index contributed by atoms with van der Waals surface area (Å²) < 4.78 is 5.92. The van der Waals surface area contributed by atoms with E-state index in [-0.39, 0.29) is 35.9 Å². The molecule has 0 saturated carbocycles. The first-order chi connectivity index (χ1) is 14.0. The Bertz CT molecular complexity index is 980. The molecule has 3 aromatic rings. The van der Waals surface area contributed by atoms with Crippen LogP contribution >= 0.6 is 24.0 Å². The normalized spacial score (nSPS) is 12.2. The minimum Gasteiger partial charge on any atom is -0.459 e. The van der Waals surface area contributed by atoms with Crippen LogP contribution in [0.2, 0.25) is 0 Å². The number of nitrogens with zero attached hydrogens (tertiary/aromatic N) is 2. The van der Waals surface area contributed by atoms with Crippen molar-refractivity contribution in [1.82, 2.24) is 15.5 Å². The van der Waals surface area contributed by atoms with Gasteiger partial charge in [-0.1, -0.05) is 30.3 Å². The van der Waals surface area contributed by atoms with E-state index in [1.54, 1.807) is 26.0 Å². The van der Waals surface area contributed by atoms with Crippen molar-refractivity contribution in [3.05, 3.63) is 71.5 Å². The summed E-state index contributed by atoms with van der Waals surface area (Å²) in [5.41, 5.74) is 2.69. The van der Waals surface area contributed by atoms with Gasteiger partial charge in [-0.15, -0.1) is 24.0 Å². The molecule has 0 radical (unpaired) electrons. The van der Waals surface area contributed by atoms with Gasteiger partial charge in [0.05, 0.1) is 6.04 Å². The van der Waals surface area contributed by atoms with E-state index in [0.717, 1.165) is 28.7 Å². The van der Waals surface area contributed by atoms with Crippen molar-refractivity contribution in [2.45, 2.75) is 19.4 Å². The van der Waals surface area contributed by atoms with Crippen molar-refractivity contribution in [2.24, 2.45) is 4.99 Å². The molecule has 1 aromatic heterocycles. The number of guanidine groups is 1. The highest BCUT2D eigenvalue weighted by Crippen LogP contribution is 2.23. The Hall–Kier alpha value is -2.55. The fourth-order valence-electron chi connectivity index (χ4n) is 3.13. The number of rotatable bonds is 6. The van der Waals surface area contributed by atoms with Crippen molar-refractivity contribution >= 4 is 46.8 Å². The monoisotopic (exact) mass is 520 g/mol. The zero-order valence-electron chi connectivity index (χ0n) is 17.8. The number of hydrogen-bond donors (Lipinski definition) is 2. The molecule has 3 rings (SSSR count). The summed E-state index contributed by atoms with van der Waals surface area (Å²) in [4.78, 5) is 18.0. The number of aliphatic imine (C=N–C) groups is 1. The smallest absolute Gasteiger partial charge is 0.253 e. The fourth-order valence-corrected chi connectivity index (χ4v) is 3.13. The molecule has 2 N–H and O–H groups in total. The summed E-state index contributed by atoms with van der Waals surface area (Å²) in [5, 5.41) is 7.77. The first-order valence-corrected chi connectivity index (χ1v) is 9.74. The first kappa shape index (κ1) is 23.7. The van der Waals surface area contributed by atoms with E-state index >= 15 is 0 Å². The van der Waals surface area contributed by atoms with E-state index < -0.39 is 0 Å². The van der Waals surface area contributed by atoms with E-state index in [1.165, 1.54) is 0 Å². The van der Waals surface area contributed by atoms with Crippen LogP contribution in [0.3, 0.4) is 0 Å². The van der Waals surface area contributed by atoms with E-state index in [2.05, 4.69) is 15.6 Å². The fraction of sp³-hybridized carbons (Fsp3) is 0.304. The van der Waals surface area contributed by atoms with Crippen LogP contribution in [0.25, 0.3) is 11.0 Å². The average molecular weight is 520 g/mol. The lowest BCUT2D eigenvalue weighted by Crippen LogP contribution is -2.39. The van der Waals surface area contributed by atoms with Gasteiger partial charge in [0.2, 0.25) is 0 Å². The summed E-state index contributed by atoms with van der Waals surface area (Å²) >= 11 is 0. The molecule has 0 spiro atoms. The van der Waals surface area contributed by atoms with Gasteiger partial charge in [-0.05, 0) is 43.2 Å². The summed E-state index contributed by atoms with van der Waals surface area (Å²) in [5.74, 6) is 1.58. The number of carbonyl (C=O) groups is 1. The predicted octanol–water partition coefficient (Wildman–Crippen LogP) is 4.22. The largest absolute Gasteiger partial charge is 0.459 e. The molecule has 0 aliphatic carbocycles. The van der Waals surface area contributed by atoms with Crippen LogP contribution < -0.4 is 10.6 Å². The molecule has 1 amide bonds. The van der Waals surface area contributed by atoms with Crippen molar-refractivity contribution < 1.29 is 9.21 Å². The van der Waals surface area contributed by atoms with Gasteiger partial charge in [-0.3, -0.25) is 9.79 Å². The minimum absolute atomic E-state index is 0. The number of fused-ring (bicyclic) bond motifs is 1. The molecular weight excluding hydrogens is 491 g/mol. The third-order valence-corrected chi connectivity index (χ3v) is 4.73. The lowest BCUT2D eigenvalue weighted by molar-refractivity contribution is 0.0827. The Morgan fingerprint density at radius 2 is 1.90 bits per heavy atom. The molecule has 1 atom stereocenters. The molecule has 7 heteroatoms. The lowest BCUT2D eigenvalue weighted by atomic mass is 10.1. The van der Waals surface area contributed by atoms with E-state index in [4.69, 9.17) is 4.42 Å². The molecule has 0 aliphatic heterocycles. The average Bonchev–Trinajstić information content (AvgIpc) is 3.17. The molecule has 0 bridgehead atoms. The number of halogens is 1. The maximum atomic E-state index is 12.1. The van der Waals surface area contributed by atoms with Gasteiger partial charge in [-0.2, -0.15) is 0 Å². The third kappa shape index (κ3) is 5.98.